The number of hydrogen-bond acceptors (Lipinski definition) is 4. The van der Waals surface area contributed by atoms with Crippen LogP contribution >= 0.6 is 0 Å². The Morgan fingerprint density at radius 3 is 2.53 bits per heavy atom. The Kier molecular flexibility index (Phi) is 4.78. The van der Waals surface area contributed by atoms with Gasteiger partial charge < -0.3 is 20.6 Å². The predicted molar refractivity (Wildman–Crippen MR) is 72.2 cm³/mol. The Labute approximate surface area is 112 Å². The van der Waals surface area contributed by atoms with E-state index in [1.165, 1.54) is 12.1 Å². The van der Waals surface area contributed by atoms with Crippen molar-refractivity contribution in [3.63, 3.8) is 0 Å². The minimum Gasteiger partial charge on any atom is -0.508 e. The molecular formula is C14H21NO4. The number of hydrogen-bond donors (Lipinski definition) is 4. The molecule has 106 valence electrons. The molecule has 0 bridgehead atoms. The Morgan fingerprint density at radius 2 is 2.00 bits per heavy atom. The summed E-state index contributed by atoms with van der Waals surface area (Å²) in [5.74, 6) is -0.572. The third kappa shape index (κ3) is 4.79. The summed E-state index contributed by atoms with van der Waals surface area (Å²) in [7, 11) is 0. The highest BCUT2D eigenvalue weighted by Crippen LogP contribution is 2.22. The molecule has 0 aliphatic heterocycles. The van der Waals surface area contributed by atoms with Crippen LogP contribution in [-0.4, -0.2) is 33.4 Å². The summed E-state index contributed by atoms with van der Waals surface area (Å²) in [6.07, 6.45) is 0.564. The average Bonchev–Trinajstić information content (AvgIpc) is 2.24. The molecule has 0 fully saturated rings. The molecule has 0 saturated carbocycles. The maximum Gasteiger partial charge on any atom is 0.255 e. The number of phenolic OH excluding ortho intramolecular Hbond substituents is 2. The van der Waals surface area contributed by atoms with Gasteiger partial charge >= 0.3 is 0 Å². The normalized spacial score (nSPS) is 14.2. The van der Waals surface area contributed by atoms with Gasteiger partial charge in [0.1, 0.15) is 11.5 Å². The maximum absolute atomic E-state index is 11.8. The van der Waals surface area contributed by atoms with Crippen molar-refractivity contribution >= 4 is 5.91 Å². The van der Waals surface area contributed by atoms with E-state index >= 15 is 0 Å². The Balaban J connectivity index is 2.65. The van der Waals surface area contributed by atoms with Gasteiger partial charge in [0.05, 0.1) is 11.2 Å². The van der Waals surface area contributed by atoms with Crippen molar-refractivity contribution in [3.05, 3.63) is 23.8 Å². The van der Waals surface area contributed by atoms with E-state index in [1.807, 2.05) is 13.8 Å². The predicted octanol–water partition coefficient (Wildman–Crippen LogP) is 1.62. The third-order valence-electron chi connectivity index (χ3n) is 2.70. The first-order valence-electron chi connectivity index (χ1n) is 6.24. The van der Waals surface area contributed by atoms with E-state index in [4.69, 9.17) is 5.11 Å². The van der Waals surface area contributed by atoms with E-state index < -0.39 is 11.5 Å². The Bertz CT molecular complexity index is 455. The van der Waals surface area contributed by atoms with Gasteiger partial charge in [0.15, 0.2) is 0 Å². The molecule has 1 aromatic rings. The van der Waals surface area contributed by atoms with E-state index in [0.29, 0.717) is 12.3 Å². The molecule has 5 heteroatoms. The van der Waals surface area contributed by atoms with E-state index in [-0.39, 0.29) is 23.6 Å². The molecule has 19 heavy (non-hydrogen) atoms. The molecule has 0 heterocycles. The van der Waals surface area contributed by atoms with Crippen molar-refractivity contribution in [2.45, 2.75) is 32.8 Å². The zero-order chi connectivity index (χ0) is 14.6. The lowest BCUT2D eigenvalue weighted by molar-refractivity contribution is 0.0368. The van der Waals surface area contributed by atoms with Crippen LogP contribution in [0.25, 0.3) is 0 Å². The van der Waals surface area contributed by atoms with Crippen molar-refractivity contribution in [2.24, 2.45) is 5.92 Å². The first kappa shape index (κ1) is 15.3. The quantitative estimate of drug-likeness (QED) is 0.652. The van der Waals surface area contributed by atoms with E-state index in [0.717, 1.165) is 6.07 Å². The Hall–Kier alpha value is -1.75. The van der Waals surface area contributed by atoms with Gasteiger partial charge in [-0.2, -0.15) is 0 Å². The summed E-state index contributed by atoms with van der Waals surface area (Å²) in [5.41, 5.74) is -0.922. The van der Waals surface area contributed by atoms with Crippen LogP contribution in [0.1, 0.15) is 37.6 Å². The number of phenols is 2. The number of aromatic hydroxyl groups is 2. The summed E-state index contributed by atoms with van der Waals surface area (Å²) in [6, 6.07) is 3.75. The van der Waals surface area contributed by atoms with Crippen LogP contribution in [0.5, 0.6) is 11.5 Å². The highest BCUT2D eigenvalue weighted by atomic mass is 16.3. The van der Waals surface area contributed by atoms with Crippen molar-refractivity contribution < 1.29 is 20.1 Å². The Morgan fingerprint density at radius 1 is 1.37 bits per heavy atom. The standard InChI is InChI=1S/C14H21NO4/c1-9(2)7-14(3,19)8-15-13(18)11-5-4-10(16)6-12(11)17/h4-6,9,16-17,19H,7-8H2,1-3H3,(H,15,18). The molecule has 1 rings (SSSR count). The molecule has 0 aliphatic rings. The molecule has 0 aliphatic carbocycles. The first-order valence-corrected chi connectivity index (χ1v) is 6.24. The largest absolute Gasteiger partial charge is 0.508 e. The first-order chi connectivity index (χ1) is 8.71. The van der Waals surface area contributed by atoms with Gasteiger partial charge in [-0.1, -0.05) is 13.8 Å². The van der Waals surface area contributed by atoms with E-state index in [9.17, 15) is 15.0 Å². The highest BCUT2D eigenvalue weighted by molar-refractivity contribution is 5.97. The molecule has 0 aromatic heterocycles. The number of carbonyl (C=O) groups is 1. The molecule has 1 atom stereocenters. The van der Waals surface area contributed by atoms with Gasteiger partial charge in [-0.3, -0.25) is 4.79 Å². The molecular weight excluding hydrogens is 246 g/mol. The number of nitrogens with one attached hydrogen (secondary N) is 1. The van der Waals surface area contributed by atoms with Crippen molar-refractivity contribution in [1.29, 1.82) is 0 Å². The third-order valence-corrected chi connectivity index (χ3v) is 2.70. The zero-order valence-electron chi connectivity index (χ0n) is 11.5. The topological polar surface area (TPSA) is 89.8 Å². The number of carbonyl (C=O) groups excluding carboxylic acids is 1. The van der Waals surface area contributed by atoms with Crippen molar-refractivity contribution in [1.82, 2.24) is 5.32 Å². The second-order valence-corrected chi connectivity index (χ2v) is 5.48. The molecule has 5 nitrogen and oxygen atoms in total. The van der Waals surface area contributed by atoms with Crippen LogP contribution in [0.4, 0.5) is 0 Å². The minimum atomic E-state index is -0.990. The fourth-order valence-corrected chi connectivity index (χ4v) is 2.03. The van der Waals surface area contributed by atoms with Crippen LogP contribution in [-0.2, 0) is 0 Å². The summed E-state index contributed by atoms with van der Waals surface area (Å²) in [6.45, 7) is 5.73. The maximum atomic E-state index is 11.8. The lowest BCUT2D eigenvalue weighted by atomic mass is 9.94. The molecule has 0 spiro atoms. The summed E-state index contributed by atoms with van der Waals surface area (Å²) in [4.78, 5) is 11.8. The number of aliphatic hydroxyl groups is 1. The van der Waals surface area contributed by atoms with Gasteiger partial charge in [-0.25, -0.2) is 0 Å². The lowest BCUT2D eigenvalue weighted by Crippen LogP contribution is -2.41. The van der Waals surface area contributed by atoms with E-state index in [2.05, 4.69) is 5.32 Å². The fraction of sp³-hybridized carbons (Fsp3) is 0.500. The van der Waals surface area contributed by atoms with E-state index in [1.54, 1.807) is 6.92 Å². The van der Waals surface area contributed by atoms with Crippen LogP contribution in [0, 0.1) is 5.92 Å². The lowest BCUT2D eigenvalue weighted by Gasteiger charge is -2.25. The van der Waals surface area contributed by atoms with Gasteiger partial charge in [0.2, 0.25) is 0 Å². The smallest absolute Gasteiger partial charge is 0.255 e. The van der Waals surface area contributed by atoms with Crippen molar-refractivity contribution in [3.8, 4) is 11.5 Å². The number of amides is 1. The van der Waals surface area contributed by atoms with Crippen LogP contribution in [0.2, 0.25) is 0 Å². The highest BCUT2D eigenvalue weighted by Gasteiger charge is 2.23. The van der Waals surface area contributed by atoms with Crippen LogP contribution < -0.4 is 5.32 Å². The molecule has 0 saturated heterocycles. The second-order valence-electron chi connectivity index (χ2n) is 5.48. The van der Waals surface area contributed by atoms with Crippen molar-refractivity contribution in [2.75, 3.05) is 6.54 Å². The second kappa shape index (κ2) is 5.93. The zero-order valence-corrected chi connectivity index (χ0v) is 11.5. The van der Waals surface area contributed by atoms with Gasteiger partial charge in [-0.15, -0.1) is 0 Å². The average molecular weight is 267 g/mol. The van der Waals surface area contributed by atoms with Gasteiger partial charge in [0, 0.05) is 12.6 Å². The summed E-state index contributed by atoms with van der Waals surface area (Å²) < 4.78 is 0. The molecule has 1 unspecified atom stereocenters. The molecule has 1 amide bonds. The fourth-order valence-electron chi connectivity index (χ4n) is 2.03. The number of rotatable bonds is 5. The molecule has 4 N–H and O–H groups in total. The SMILES string of the molecule is CC(C)CC(C)(O)CNC(=O)c1ccc(O)cc1O. The molecule has 0 radical (unpaired) electrons. The number of benzene rings is 1. The van der Waals surface area contributed by atoms with Gasteiger partial charge in [0.25, 0.3) is 5.91 Å². The van der Waals surface area contributed by atoms with Crippen LogP contribution in [0.15, 0.2) is 18.2 Å². The van der Waals surface area contributed by atoms with Gasteiger partial charge in [-0.05, 0) is 31.4 Å². The summed E-state index contributed by atoms with van der Waals surface area (Å²) >= 11 is 0. The van der Waals surface area contributed by atoms with Crippen LogP contribution in [0.3, 0.4) is 0 Å². The molecule has 1 aromatic carbocycles. The summed E-state index contributed by atoms with van der Waals surface area (Å²) in [5, 5.41) is 31.4. The minimum absolute atomic E-state index is 0.0677. The monoisotopic (exact) mass is 267 g/mol.